The van der Waals surface area contributed by atoms with Gasteiger partial charge in [0.15, 0.2) is 0 Å². The van der Waals surface area contributed by atoms with Crippen molar-refractivity contribution in [2.24, 2.45) is 11.8 Å². The number of likely N-dealkylation sites (tertiary alicyclic amines) is 1. The smallest absolute Gasteiger partial charge is 0.308 e. The van der Waals surface area contributed by atoms with Crippen LogP contribution in [0.1, 0.15) is 34.9 Å². The van der Waals surface area contributed by atoms with Gasteiger partial charge in [0.1, 0.15) is 0 Å². The van der Waals surface area contributed by atoms with Crippen LogP contribution < -0.4 is 0 Å². The number of carboxylic acid groups (broad SMARTS) is 1. The Kier molecular flexibility index (Phi) is 3.54. The number of carbonyl (C=O) groups is 2. The lowest BCUT2D eigenvalue weighted by Crippen LogP contribution is -2.43. The molecule has 1 amide bonds. The second-order valence-electron chi connectivity index (χ2n) is 5.86. The molecule has 20 heavy (non-hydrogen) atoms. The Hall–Kier alpha value is -1.36. The number of hydrogen-bond acceptors (Lipinski definition) is 3. The largest absolute Gasteiger partial charge is 0.481 e. The van der Waals surface area contributed by atoms with Gasteiger partial charge in [0.2, 0.25) is 5.91 Å². The monoisotopic (exact) mass is 293 g/mol. The first-order chi connectivity index (χ1) is 9.56. The highest BCUT2D eigenvalue weighted by Gasteiger charge is 2.47. The molecule has 0 spiro atoms. The van der Waals surface area contributed by atoms with Gasteiger partial charge in [-0.25, -0.2) is 0 Å². The molecule has 1 aromatic heterocycles. The third-order valence-corrected chi connectivity index (χ3v) is 5.45. The quantitative estimate of drug-likeness (QED) is 0.931. The molecule has 5 heteroatoms. The zero-order valence-electron chi connectivity index (χ0n) is 11.5. The van der Waals surface area contributed by atoms with Crippen molar-refractivity contribution in [1.29, 1.82) is 0 Å². The van der Waals surface area contributed by atoms with Gasteiger partial charge in [0.05, 0.1) is 5.92 Å². The highest BCUT2D eigenvalue weighted by atomic mass is 32.1. The van der Waals surface area contributed by atoms with Gasteiger partial charge in [-0.3, -0.25) is 9.59 Å². The van der Waals surface area contributed by atoms with Crippen molar-refractivity contribution in [2.45, 2.75) is 32.1 Å². The highest BCUT2D eigenvalue weighted by Crippen LogP contribution is 2.50. The van der Waals surface area contributed by atoms with Crippen molar-refractivity contribution >= 4 is 23.2 Å². The van der Waals surface area contributed by atoms with Crippen molar-refractivity contribution in [3.05, 3.63) is 21.9 Å². The average Bonchev–Trinajstić information content (AvgIpc) is 3.13. The molecule has 0 radical (unpaired) electrons. The van der Waals surface area contributed by atoms with E-state index in [9.17, 15) is 9.59 Å². The van der Waals surface area contributed by atoms with Gasteiger partial charge in [-0.1, -0.05) is 0 Å². The number of carbonyl (C=O) groups excluding carboxylic acids is 1. The SMILES string of the molecule is Cc1ccc(C2CC2C(=O)N2CCCC(C(=O)O)C2)s1. The normalized spacial score (nSPS) is 29.2. The van der Waals surface area contributed by atoms with Crippen LogP contribution >= 0.6 is 11.3 Å². The van der Waals surface area contributed by atoms with Crippen molar-refractivity contribution < 1.29 is 14.7 Å². The summed E-state index contributed by atoms with van der Waals surface area (Å²) in [5.41, 5.74) is 0. The first-order valence-electron chi connectivity index (χ1n) is 7.14. The summed E-state index contributed by atoms with van der Waals surface area (Å²) in [5, 5.41) is 9.09. The highest BCUT2D eigenvalue weighted by molar-refractivity contribution is 7.12. The zero-order valence-corrected chi connectivity index (χ0v) is 12.4. The van der Waals surface area contributed by atoms with Crippen LogP contribution in [0, 0.1) is 18.8 Å². The van der Waals surface area contributed by atoms with E-state index in [0.29, 0.717) is 18.9 Å². The van der Waals surface area contributed by atoms with Crippen LogP contribution in [0.15, 0.2) is 12.1 Å². The lowest BCUT2D eigenvalue weighted by molar-refractivity contribution is -0.146. The summed E-state index contributed by atoms with van der Waals surface area (Å²) < 4.78 is 0. The lowest BCUT2D eigenvalue weighted by atomic mass is 9.98. The number of aliphatic carboxylic acids is 1. The maximum absolute atomic E-state index is 12.5. The van der Waals surface area contributed by atoms with E-state index < -0.39 is 5.97 Å². The van der Waals surface area contributed by atoms with Crippen molar-refractivity contribution in [1.82, 2.24) is 4.90 Å². The standard InChI is InChI=1S/C15H19NO3S/c1-9-4-5-13(20-9)11-7-12(11)14(17)16-6-2-3-10(8-16)15(18)19/h4-5,10-12H,2-3,6-8H2,1H3,(H,18,19). The van der Waals surface area contributed by atoms with E-state index in [-0.39, 0.29) is 17.7 Å². The molecular formula is C15H19NO3S. The first kappa shape index (κ1) is 13.6. The fourth-order valence-electron chi connectivity index (χ4n) is 3.05. The summed E-state index contributed by atoms with van der Waals surface area (Å²) in [7, 11) is 0. The summed E-state index contributed by atoms with van der Waals surface area (Å²) >= 11 is 1.77. The minimum Gasteiger partial charge on any atom is -0.481 e. The predicted octanol–water partition coefficient (Wildman–Crippen LogP) is 2.48. The van der Waals surface area contributed by atoms with Gasteiger partial charge in [0, 0.05) is 34.7 Å². The van der Waals surface area contributed by atoms with Crippen molar-refractivity contribution in [3.63, 3.8) is 0 Å². The Morgan fingerprint density at radius 2 is 2.20 bits per heavy atom. The zero-order chi connectivity index (χ0) is 14.3. The fraction of sp³-hybridized carbons (Fsp3) is 0.600. The molecule has 1 saturated carbocycles. The number of piperidine rings is 1. The van der Waals surface area contributed by atoms with Crippen LogP contribution in [0.4, 0.5) is 0 Å². The molecule has 3 unspecified atom stereocenters. The molecule has 0 bridgehead atoms. The molecule has 2 fully saturated rings. The number of rotatable bonds is 3. The summed E-state index contributed by atoms with van der Waals surface area (Å²) in [6.45, 7) is 3.19. The minimum absolute atomic E-state index is 0.0839. The number of aryl methyl sites for hydroxylation is 1. The van der Waals surface area contributed by atoms with Crippen molar-refractivity contribution in [2.75, 3.05) is 13.1 Å². The Labute approximate surface area is 122 Å². The van der Waals surface area contributed by atoms with Crippen LogP contribution in [0.2, 0.25) is 0 Å². The number of carboxylic acids is 1. The maximum atomic E-state index is 12.5. The summed E-state index contributed by atoms with van der Waals surface area (Å²) in [4.78, 5) is 27.9. The summed E-state index contributed by atoms with van der Waals surface area (Å²) in [6.07, 6.45) is 2.42. The molecule has 3 rings (SSSR count). The second-order valence-corrected chi connectivity index (χ2v) is 7.18. The van der Waals surface area contributed by atoms with E-state index in [1.807, 2.05) is 0 Å². The Morgan fingerprint density at radius 3 is 2.85 bits per heavy atom. The van der Waals surface area contributed by atoms with Crippen LogP contribution in [0.5, 0.6) is 0 Å². The molecule has 1 aliphatic heterocycles. The average molecular weight is 293 g/mol. The van der Waals surface area contributed by atoms with Gasteiger partial charge >= 0.3 is 5.97 Å². The van der Waals surface area contributed by atoms with E-state index in [1.165, 1.54) is 9.75 Å². The topological polar surface area (TPSA) is 57.6 Å². The molecule has 2 aliphatic rings. The van der Waals surface area contributed by atoms with Crippen LogP contribution in [-0.4, -0.2) is 35.0 Å². The van der Waals surface area contributed by atoms with Gasteiger partial charge < -0.3 is 10.0 Å². The van der Waals surface area contributed by atoms with E-state index in [2.05, 4.69) is 19.1 Å². The Balaban J connectivity index is 1.61. The van der Waals surface area contributed by atoms with Crippen molar-refractivity contribution in [3.8, 4) is 0 Å². The summed E-state index contributed by atoms with van der Waals surface area (Å²) in [6, 6.07) is 4.22. The second kappa shape index (κ2) is 5.20. The lowest BCUT2D eigenvalue weighted by Gasteiger charge is -2.31. The molecule has 1 N–H and O–H groups in total. The maximum Gasteiger partial charge on any atom is 0.308 e. The number of amides is 1. The van der Waals surface area contributed by atoms with Gasteiger partial charge in [-0.15, -0.1) is 11.3 Å². The molecule has 4 nitrogen and oxygen atoms in total. The number of thiophene rings is 1. The Bertz CT molecular complexity index is 539. The van der Waals surface area contributed by atoms with E-state index in [4.69, 9.17) is 5.11 Å². The number of nitrogens with zero attached hydrogens (tertiary/aromatic N) is 1. The first-order valence-corrected chi connectivity index (χ1v) is 7.96. The molecule has 2 heterocycles. The van der Waals surface area contributed by atoms with Gasteiger partial charge in [0.25, 0.3) is 0 Å². The molecule has 1 saturated heterocycles. The molecule has 0 aromatic carbocycles. The predicted molar refractivity (Wildman–Crippen MR) is 76.8 cm³/mol. The van der Waals surface area contributed by atoms with E-state index in [0.717, 1.165) is 19.4 Å². The molecule has 108 valence electrons. The third kappa shape index (κ3) is 2.59. The van der Waals surface area contributed by atoms with Crippen LogP contribution in [-0.2, 0) is 9.59 Å². The summed E-state index contributed by atoms with van der Waals surface area (Å²) in [5.74, 6) is -0.545. The number of hydrogen-bond donors (Lipinski definition) is 1. The van der Waals surface area contributed by atoms with Crippen LogP contribution in [0.3, 0.4) is 0 Å². The third-order valence-electron chi connectivity index (χ3n) is 4.32. The molecule has 3 atom stereocenters. The molecule has 1 aromatic rings. The van der Waals surface area contributed by atoms with Crippen LogP contribution in [0.25, 0.3) is 0 Å². The van der Waals surface area contributed by atoms with Gasteiger partial charge in [-0.05, 0) is 38.3 Å². The fourth-order valence-corrected chi connectivity index (χ4v) is 4.10. The molecular weight excluding hydrogens is 274 g/mol. The Morgan fingerprint density at radius 1 is 1.40 bits per heavy atom. The van der Waals surface area contributed by atoms with E-state index >= 15 is 0 Å². The van der Waals surface area contributed by atoms with Gasteiger partial charge in [-0.2, -0.15) is 0 Å². The van der Waals surface area contributed by atoms with E-state index in [1.54, 1.807) is 16.2 Å². The molecule has 1 aliphatic carbocycles. The minimum atomic E-state index is -0.774.